The second-order valence-electron chi connectivity index (χ2n) is 8.20. The third kappa shape index (κ3) is 5.38. The van der Waals surface area contributed by atoms with Gasteiger partial charge in [-0.3, -0.25) is 9.59 Å². The van der Waals surface area contributed by atoms with Crippen molar-refractivity contribution in [2.45, 2.75) is 24.2 Å². The Morgan fingerprint density at radius 2 is 1.56 bits per heavy atom. The van der Waals surface area contributed by atoms with Gasteiger partial charge in [-0.2, -0.15) is 0 Å². The van der Waals surface area contributed by atoms with Crippen molar-refractivity contribution in [2.75, 3.05) is 57.0 Å². The molecule has 2 heterocycles. The lowest BCUT2D eigenvalue weighted by atomic mass is 10.2. The summed E-state index contributed by atoms with van der Waals surface area (Å²) in [6.07, 6.45) is 3.10. The van der Waals surface area contributed by atoms with Gasteiger partial charge < -0.3 is 19.4 Å². The first kappa shape index (κ1) is 22.5. The van der Waals surface area contributed by atoms with Crippen LogP contribution in [0.4, 0.5) is 5.69 Å². The van der Waals surface area contributed by atoms with E-state index in [1.54, 1.807) is 7.11 Å². The molecule has 2 aromatic carbocycles. The van der Waals surface area contributed by atoms with Gasteiger partial charge >= 0.3 is 0 Å². The zero-order valence-corrected chi connectivity index (χ0v) is 19.5. The van der Waals surface area contributed by atoms with E-state index < -0.39 is 0 Å². The number of methoxy groups -OCH3 is 1. The molecule has 0 saturated carbocycles. The number of hydrogen-bond donors (Lipinski definition) is 0. The Bertz CT molecular complexity index is 928. The van der Waals surface area contributed by atoms with E-state index in [1.807, 2.05) is 46.2 Å². The van der Waals surface area contributed by atoms with Crippen molar-refractivity contribution in [3.63, 3.8) is 0 Å². The fourth-order valence-corrected chi connectivity index (χ4v) is 5.26. The number of amides is 2. The van der Waals surface area contributed by atoms with E-state index in [0.29, 0.717) is 17.9 Å². The fraction of sp³-hybridized carbons (Fsp3) is 0.440. The molecule has 6 nitrogen and oxygen atoms in total. The predicted molar refractivity (Wildman–Crippen MR) is 129 cm³/mol. The van der Waals surface area contributed by atoms with Gasteiger partial charge in [-0.1, -0.05) is 12.1 Å². The second-order valence-corrected chi connectivity index (χ2v) is 9.22. The number of benzene rings is 2. The molecule has 0 N–H and O–H groups in total. The first-order chi connectivity index (χ1) is 15.7. The molecule has 0 radical (unpaired) electrons. The van der Waals surface area contributed by atoms with Crippen LogP contribution in [0.25, 0.3) is 0 Å². The topological polar surface area (TPSA) is 53.1 Å². The molecule has 0 unspecified atom stereocenters. The first-order valence-corrected chi connectivity index (χ1v) is 12.3. The molecule has 170 valence electrons. The summed E-state index contributed by atoms with van der Waals surface area (Å²) < 4.78 is 5.26. The number of ether oxygens (including phenoxy) is 1. The van der Waals surface area contributed by atoms with Crippen molar-refractivity contribution in [2.24, 2.45) is 0 Å². The third-order valence-corrected chi connectivity index (χ3v) is 7.21. The molecular weight excluding hydrogens is 422 g/mol. The summed E-state index contributed by atoms with van der Waals surface area (Å²) in [7, 11) is 1.67. The monoisotopic (exact) mass is 453 g/mol. The first-order valence-electron chi connectivity index (χ1n) is 11.3. The summed E-state index contributed by atoms with van der Waals surface area (Å²) >= 11 is 1.48. The van der Waals surface area contributed by atoms with Crippen molar-refractivity contribution in [1.29, 1.82) is 0 Å². The zero-order valence-electron chi connectivity index (χ0n) is 18.7. The van der Waals surface area contributed by atoms with Gasteiger partial charge in [-0.15, -0.1) is 11.8 Å². The molecule has 2 aromatic rings. The van der Waals surface area contributed by atoms with Crippen molar-refractivity contribution >= 4 is 29.3 Å². The number of thioether (sulfide) groups is 1. The highest BCUT2D eigenvalue weighted by atomic mass is 32.2. The average molecular weight is 454 g/mol. The minimum absolute atomic E-state index is 0.0540. The standard InChI is InChI=1S/C25H31N3O3S/c1-31-21-11-9-20(10-12-21)26-15-6-16-28(18-17-26)25(30)22-7-2-3-8-23(22)32-19-24(29)27-13-4-5-14-27/h2-3,7-12H,4-6,13-19H2,1H3. The molecule has 2 amide bonds. The van der Waals surface area contributed by atoms with Crippen LogP contribution in [0, 0.1) is 0 Å². The largest absolute Gasteiger partial charge is 0.497 e. The summed E-state index contributed by atoms with van der Waals surface area (Å²) in [5.41, 5.74) is 1.85. The number of hydrogen-bond acceptors (Lipinski definition) is 5. The van der Waals surface area contributed by atoms with Crippen LogP contribution in [0.5, 0.6) is 5.75 Å². The van der Waals surface area contributed by atoms with Gasteiger partial charge in [0.25, 0.3) is 5.91 Å². The highest BCUT2D eigenvalue weighted by Gasteiger charge is 2.24. The van der Waals surface area contributed by atoms with Crippen LogP contribution in [0.1, 0.15) is 29.6 Å². The Morgan fingerprint density at radius 3 is 2.31 bits per heavy atom. The van der Waals surface area contributed by atoms with Gasteiger partial charge in [0, 0.05) is 49.9 Å². The molecule has 2 fully saturated rings. The molecule has 32 heavy (non-hydrogen) atoms. The van der Waals surface area contributed by atoms with E-state index in [9.17, 15) is 9.59 Å². The average Bonchev–Trinajstić information content (AvgIpc) is 3.27. The third-order valence-electron chi connectivity index (χ3n) is 6.15. The minimum atomic E-state index is 0.0540. The van der Waals surface area contributed by atoms with Crippen molar-refractivity contribution in [3.8, 4) is 5.75 Å². The minimum Gasteiger partial charge on any atom is -0.497 e. The lowest BCUT2D eigenvalue weighted by Gasteiger charge is -2.24. The molecule has 2 aliphatic rings. The van der Waals surface area contributed by atoms with Crippen molar-refractivity contribution < 1.29 is 14.3 Å². The smallest absolute Gasteiger partial charge is 0.255 e. The quantitative estimate of drug-likeness (QED) is 0.624. The lowest BCUT2D eigenvalue weighted by Crippen LogP contribution is -2.35. The molecule has 2 aliphatic heterocycles. The van der Waals surface area contributed by atoms with Crippen LogP contribution in [-0.2, 0) is 4.79 Å². The maximum Gasteiger partial charge on any atom is 0.255 e. The summed E-state index contributed by atoms with van der Waals surface area (Å²) in [5, 5.41) is 0. The Hall–Kier alpha value is -2.67. The normalized spacial score (nSPS) is 16.7. The Balaban J connectivity index is 1.38. The van der Waals surface area contributed by atoms with Crippen LogP contribution >= 0.6 is 11.8 Å². The predicted octanol–water partition coefficient (Wildman–Crippen LogP) is 3.76. The maximum absolute atomic E-state index is 13.4. The van der Waals surface area contributed by atoms with E-state index in [0.717, 1.165) is 68.3 Å². The van der Waals surface area contributed by atoms with E-state index in [1.165, 1.54) is 11.8 Å². The van der Waals surface area contributed by atoms with E-state index in [4.69, 9.17) is 4.74 Å². The highest BCUT2D eigenvalue weighted by Crippen LogP contribution is 2.26. The fourth-order valence-electron chi connectivity index (χ4n) is 4.31. The van der Waals surface area contributed by atoms with Gasteiger partial charge in [0.2, 0.25) is 5.91 Å². The van der Waals surface area contributed by atoms with Crippen LogP contribution in [-0.4, -0.2) is 73.7 Å². The number of carbonyl (C=O) groups is 2. The number of rotatable bonds is 6. The van der Waals surface area contributed by atoms with Crippen molar-refractivity contribution in [3.05, 3.63) is 54.1 Å². The summed E-state index contributed by atoms with van der Waals surface area (Å²) in [4.78, 5) is 32.9. The van der Waals surface area contributed by atoms with Gasteiger partial charge in [0.15, 0.2) is 0 Å². The number of anilines is 1. The molecule has 0 bridgehead atoms. The summed E-state index contributed by atoms with van der Waals surface area (Å²) in [5.74, 6) is 1.45. The van der Waals surface area contributed by atoms with Gasteiger partial charge in [-0.25, -0.2) is 0 Å². The number of carbonyl (C=O) groups excluding carboxylic acids is 2. The van der Waals surface area contributed by atoms with Gasteiger partial charge in [0.1, 0.15) is 5.75 Å². The van der Waals surface area contributed by atoms with Crippen LogP contribution in [0.15, 0.2) is 53.4 Å². The molecule has 4 rings (SSSR count). The molecule has 0 aromatic heterocycles. The van der Waals surface area contributed by atoms with E-state index in [2.05, 4.69) is 17.0 Å². The molecule has 7 heteroatoms. The SMILES string of the molecule is COc1ccc(N2CCCN(C(=O)c3ccccc3SCC(=O)N3CCCC3)CC2)cc1. The molecule has 0 atom stereocenters. The molecular formula is C25H31N3O3S. The number of nitrogens with zero attached hydrogens (tertiary/aromatic N) is 3. The van der Waals surface area contributed by atoms with Crippen LogP contribution < -0.4 is 9.64 Å². The van der Waals surface area contributed by atoms with E-state index >= 15 is 0 Å². The number of likely N-dealkylation sites (tertiary alicyclic amines) is 1. The summed E-state index contributed by atoms with van der Waals surface area (Å²) in [6.45, 7) is 4.84. The highest BCUT2D eigenvalue weighted by molar-refractivity contribution is 8.00. The molecule has 0 aliphatic carbocycles. The molecule has 0 spiro atoms. The Labute approximate surface area is 194 Å². The lowest BCUT2D eigenvalue weighted by molar-refractivity contribution is -0.127. The summed E-state index contributed by atoms with van der Waals surface area (Å²) in [6, 6.07) is 15.8. The van der Waals surface area contributed by atoms with Crippen molar-refractivity contribution in [1.82, 2.24) is 9.80 Å². The molecule has 2 saturated heterocycles. The maximum atomic E-state index is 13.4. The Kier molecular flexibility index (Phi) is 7.58. The second kappa shape index (κ2) is 10.8. The van der Waals surface area contributed by atoms with Crippen LogP contribution in [0.2, 0.25) is 0 Å². The van der Waals surface area contributed by atoms with Gasteiger partial charge in [-0.05, 0) is 55.7 Å². The van der Waals surface area contributed by atoms with Gasteiger partial charge in [0.05, 0.1) is 18.4 Å². The van der Waals surface area contributed by atoms with E-state index in [-0.39, 0.29) is 11.8 Å². The Morgan fingerprint density at radius 1 is 0.844 bits per heavy atom. The zero-order chi connectivity index (χ0) is 22.3. The van der Waals surface area contributed by atoms with Crippen LogP contribution in [0.3, 0.4) is 0 Å².